The Hall–Kier alpha value is -5.14. The van der Waals surface area contributed by atoms with E-state index in [1.54, 1.807) is 0 Å². The Labute approximate surface area is 378 Å². The number of nitrogens with one attached hydrogen (secondary N) is 4. The number of fused-ring (bicyclic) bond motifs is 6. The van der Waals surface area contributed by atoms with Gasteiger partial charge in [0, 0.05) is 24.5 Å². The maximum Gasteiger partial charge on any atom is 0.354 e. The van der Waals surface area contributed by atoms with E-state index in [4.69, 9.17) is 19.8 Å². The van der Waals surface area contributed by atoms with Crippen LogP contribution in [-0.2, 0) is 84.3 Å². The summed E-state index contributed by atoms with van der Waals surface area (Å²) >= 11 is 0. The molecule has 8 N–H and O–H groups in total. The third-order valence-corrected chi connectivity index (χ3v) is 15.6. The van der Waals surface area contributed by atoms with Gasteiger partial charge < -0.3 is 30.7 Å². The number of nitrogens with zero attached hydrogens (tertiary/aromatic N) is 6. The van der Waals surface area contributed by atoms with Crippen molar-refractivity contribution in [3.8, 4) is 11.8 Å². The van der Waals surface area contributed by atoms with Crippen molar-refractivity contribution in [1.29, 1.82) is 0 Å². The third-order valence-electron chi connectivity index (χ3n) is 12.9. The summed E-state index contributed by atoms with van der Waals surface area (Å²) in [5.74, 6) is 0.0767. The van der Waals surface area contributed by atoms with Gasteiger partial charge in [-0.1, -0.05) is 0 Å². The van der Waals surface area contributed by atoms with E-state index in [2.05, 4.69) is 40.2 Å². The van der Waals surface area contributed by atoms with E-state index in [-0.39, 0.29) is 71.6 Å². The van der Waals surface area contributed by atoms with E-state index < -0.39 is 45.2 Å². The van der Waals surface area contributed by atoms with Crippen molar-refractivity contribution in [2.24, 2.45) is 19.0 Å². The summed E-state index contributed by atoms with van der Waals surface area (Å²) in [5.41, 5.74) is 7.05. The molecule has 6 aliphatic rings. The molecule has 2 unspecified atom stereocenters. The molecule has 0 spiro atoms. The first-order valence-electron chi connectivity index (χ1n) is 22.2. The predicted octanol–water partition coefficient (Wildman–Crippen LogP) is 4.50. The highest BCUT2D eigenvalue weighted by Crippen LogP contribution is 2.43. The number of benzene rings is 2. The highest BCUT2D eigenvalue weighted by Gasteiger charge is 2.34. The lowest BCUT2D eigenvalue weighted by molar-refractivity contribution is 0.177. The molecule has 0 radical (unpaired) electrons. The molecule has 0 bridgehead atoms. The van der Waals surface area contributed by atoms with Crippen LogP contribution in [0.1, 0.15) is 70.2 Å². The van der Waals surface area contributed by atoms with Gasteiger partial charge in [-0.3, -0.25) is 0 Å². The van der Waals surface area contributed by atoms with Gasteiger partial charge in [-0.05, 0) is 122 Å². The molecule has 66 heavy (non-hydrogen) atoms. The third kappa shape index (κ3) is 8.89. The van der Waals surface area contributed by atoms with Crippen LogP contribution in [-0.4, -0.2) is 91.8 Å². The van der Waals surface area contributed by atoms with E-state index in [0.29, 0.717) is 98.1 Å². The lowest BCUT2D eigenvalue weighted by Gasteiger charge is -2.25. The van der Waals surface area contributed by atoms with Gasteiger partial charge in [-0.15, -0.1) is 8.73 Å². The van der Waals surface area contributed by atoms with Crippen molar-refractivity contribution in [2.75, 3.05) is 50.3 Å². The minimum atomic E-state index is -3.65. The molecule has 4 aromatic rings. The van der Waals surface area contributed by atoms with E-state index >= 15 is 0 Å². The summed E-state index contributed by atoms with van der Waals surface area (Å²) in [4.78, 5) is 25.7. The molecule has 0 fully saturated rings. The fraction of sp³-hybridized carbons (Fsp3) is 0.524. The Morgan fingerprint density at radius 2 is 0.955 bits per heavy atom. The van der Waals surface area contributed by atoms with Crippen LogP contribution >= 0.6 is 0 Å². The number of amides is 4. The van der Waals surface area contributed by atoms with Crippen LogP contribution in [0.15, 0.2) is 30.9 Å². The summed E-state index contributed by atoms with van der Waals surface area (Å²) in [7, 11) is -7.30. The van der Waals surface area contributed by atoms with Gasteiger partial charge in [-0.25, -0.2) is 55.2 Å². The van der Waals surface area contributed by atoms with Crippen molar-refractivity contribution in [1.82, 2.24) is 30.2 Å². The number of carbonyl (C=O) groups excluding carboxylic acids is 2. The number of hydrogen-bond donors (Lipinski definition) is 6. The van der Waals surface area contributed by atoms with Crippen LogP contribution in [0.4, 0.5) is 38.5 Å². The molecule has 24 heteroatoms. The largest absolute Gasteiger partial charge is 0.475 e. The van der Waals surface area contributed by atoms with E-state index in [1.807, 2.05) is 0 Å². The monoisotopic (exact) mass is 960 g/mol. The van der Waals surface area contributed by atoms with Crippen molar-refractivity contribution in [2.45, 2.75) is 112 Å². The highest BCUT2D eigenvalue weighted by atomic mass is 32.2. The fourth-order valence-corrected chi connectivity index (χ4v) is 12.0. The molecule has 18 nitrogen and oxygen atoms in total. The normalized spacial score (nSPS) is 20.4. The number of alkyl halides is 2. The second-order valence-corrected chi connectivity index (χ2v) is 20.6. The van der Waals surface area contributed by atoms with Crippen LogP contribution in [0.5, 0.6) is 11.8 Å². The van der Waals surface area contributed by atoms with Crippen LogP contribution in [0.25, 0.3) is 0 Å². The number of anilines is 2. The lowest BCUT2D eigenvalue weighted by Crippen LogP contribution is -2.42. The number of nitrogens with two attached hydrogens (primary N) is 2. The summed E-state index contributed by atoms with van der Waals surface area (Å²) in [6.07, 6.45) is 11.1. The zero-order chi connectivity index (χ0) is 46.3. The number of hydrogen-bond acceptors (Lipinski definition) is 10. The van der Waals surface area contributed by atoms with Crippen molar-refractivity contribution >= 4 is 43.3 Å². The molecular weight excluding hydrogens is 909 g/mol. The molecule has 2 aromatic heterocycles. The van der Waals surface area contributed by atoms with Crippen molar-refractivity contribution < 1.29 is 45.0 Å². The Morgan fingerprint density at radius 1 is 0.621 bits per heavy atom. The smallest absolute Gasteiger partial charge is 0.354 e. The minimum Gasteiger partial charge on any atom is -0.475 e. The SMILES string of the molecule is NS(=O)(=NC(=O)Nc1c2c(c(F)c3c1CCC3)CCC2)c1cnn2c1OC[C@@H](NCCF)C2.NS(=O)(=NC(=O)Nc1c2c(c(F)c3c1CCC3)CCC2)c1cnn2c1OC[C@@H](NCCF)C2. The predicted molar refractivity (Wildman–Crippen MR) is 236 cm³/mol. The summed E-state index contributed by atoms with van der Waals surface area (Å²) in [6, 6.07) is -2.01. The first-order valence-corrected chi connectivity index (χ1v) is 25.3. The Kier molecular flexibility index (Phi) is 13.1. The molecule has 4 heterocycles. The molecule has 4 atom stereocenters. The lowest BCUT2D eigenvalue weighted by atomic mass is 9.98. The van der Waals surface area contributed by atoms with Crippen LogP contribution in [0, 0.1) is 11.6 Å². The number of halogens is 4. The first-order chi connectivity index (χ1) is 31.8. The number of aromatic nitrogens is 4. The molecule has 0 saturated carbocycles. The molecular formula is C42H52F4N12O6S2. The number of rotatable bonds is 10. The minimum absolute atomic E-state index is 0.0242. The van der Waals surface area contributed by atoms with Crippen LogP contribution in [0.3, 0.4) is 0 Å². The number of urea groups is 2. The number of carbonyl (C=O) groups is 2. The Bertz CT molecular complexity index is 2590. The summed E-state index contributed by atoms with van der Waals surface area (Å²) < 4.78 is 103. The van der Waals surface area contributed by atoms with Gasteiger partial charge >= 0.3 is 12.1 Å². The van der Waals surface area contributed by atoms with Crippen LogP contribution in [0.2, 0.25) is 0 Å². The average Bonchev–Trinajstić information content (AvgIpc) is 4.15. The quantitative estimate of drug-likeness (QED) is 0.122. The van der Waals surface area contributed by atoms with Crippen molar-refractivity contribution in [3.63, 3.8) is 0 Å². The maximum atomic E-state index is 14.9. The van der Waals surface area contributed by atoms with Gasteiger partial charge in [0.25, 0.3) is 0 Å². The molecule has 2 aromatic carbocycles. The molecule has 4 aliphatic carbocycles. The maximum absolute atomic E-state index is 14.9. The zero-order valence-corrected chi connectivity index (χ0v) is 37.7. The van der Waals surface area contributed by atoms with Gasteiger partial charge in [0.05, 0.1) is 37.6 Å². The summed E-state index contributed by atoms with van der Waals surface area (Å²) in [5, 5.41) is 31.7. The fourth-order valence-electron chi connectivity index (χ4n) is 9.99. The average molecular weight is 961 g/mol. The van der Waals surface area contributed by atoms with E-state index in [9.17, 15) is 35.6 Å². The molecule has 356 valence electrons. The van der Waals surface area contributed by atoms with E-state index in [0.717, 1.165) is 47.9 Å². The summed E-state index contributed by atoms with van der Waals surface area (Å²) in [6.45, 7) is 0.574. The standard InChI is InChI=1S/2C21H26F2N6O3S/c2*22-7-8-25-12-10-29-20(32-11-12)17(9-26-29)33(24,31)28-21(30)27-19-15-5-1-3-13(15)18(23)14-4-2-6-16(14)19/h2*9,12,25H,1-8,10-11H2,(H3,24,27,28,30,31)/t2*12-,33?/m00/s1. The molecule has 0 saturated heterocycles. The highest BCUT2D eigenvalue weighted by molar-refractivity contribution is 7.92. The molecule has 2 aliphatic heterocycles. The second-order valence-electron chi connectivity index (χ2n) is 17.1. The van der Waals surface area contributed by atoms with Crippen LogP contribution < -0.4 is 41.0 Å². The van der Waals surface area contributed by atoms with Gasteiger partial charge in [-0.2, -0.15) is 10.2 Å². The zero-order valence-electron chi connectivity index (χ0n) is 36.1. The topological polar surface area (TPSA) is 247 Å². The molecule has 4 amide bonds. The molecule has 10 rings (SSSR count). The number of ether oxygens (including phenoxy) is 2. The Balaban J connectivity index is 0.000000166. The van der Waals surface area contributed by atoms with Crippen molar-refractivity contribution in [3.05, 3.63) is 68.5 Å². The Morgan fingerprint density at radius 3 is 1.29 bits per heavy atom. The van der Waals surface area contributed by atoms with Gasteiger partial charge in [0.15, 0.2) is 19.8 Å². The van der Waals surface area contributed by atoms with Gasteiger partial charge in [0.1, 0.15) is 48.0 Å². The second kappa shape index (κ2) is 18.9. The first kappa shape index (κ1) is 46.0. The van der Waals surface area contributed by atoms with E-state index in [1.165, 1.54) is 21.8 Å². The van der Waals surface area contributed by atoms with Gasteiger partial charge in [0.2, 0.25) is 11.8 Å².